The van der Waals surface area contributed by atoms with E-state index in [2.05, 4.69) is 22.2 Å². The highest BCUT2D eigenvalue weighted by molar-refractivity contribution is 5.90. The van der Waals surface area contributed by atoms with Crippen molar-refractivity contribution in [2.75, 3.05) is 39.1 Å². The number of hydrogen-bond acceptors (Lipinski definition) is 4. The number of amides is 2. The number of anilines is 1. The number of likely N-dealkylation sites (N-methyl/N-ethyl adjacent to an activating group) is 1. The summed E-state index contributed by atoms with van der Waals surface area (Å²) in [6, 6.07) is 3.90. The van der Waals surface area contributed by atoms with Crippen LogP contribution in [0.5, 0.6) is 5.75 Å². The Balaban J connectivity index is 1.75. The second kappa shape index (κ2) is 7.37. The number of nitrogens with zero attached hydrogens (tertiary/aromatic N) is 4. The van der Waals surface area contributed by atoms with Crippen molar-refractivity contribution in [1.29, 1.82) is 0 Å². The Morgan fingerprint density at radius 2 is 2.00 bits per heavy atom. The van der Waals surface area contributed by atoms with Crippen LogP contribution in [-0.2, 0) is 7.05 Å². The molecule has 1 atom stereocenters. The van der Waals surface area contributed by atoms with Crippen LogP contribution < -0.4 is 10.1 Å². The summed E-state index contributed by atoms with van der Waals surface area (Å²) in [6.45, 7) is 6.08. The van der Waals surface area contributed by atoms with Gasteiger partial charge in [-0.1, -0.05) is 6.07 Å². The standard InChI is InChI=1S/C19H27N5O2/c1-13-10-14(2)17(26-5)11-15(13)21-19(25)24-9-8-22(3)16(12-24)18-20-6-7-23(18)4/h6-7,10-11,16H,8-9,12H2,1-5H3,(H,21,25)/t16-/m1/s1. The number of imidazole rings is 1. The summed E-state index contributed by atoms with van der Waals surface area (Å²) in [4.78, 5) is 21.4. The molecule has 26 heavy (non-hydrogen) atoms. The molecule has 0 aliphatic carbocycles. The molecule has 0 spiro atoms. The Bertz CT molecular complexity index is 801. The Morgan fingerprint density at radius 1 is 1.23 bits per heavy atom. The first-order valence-corrected chi connectivity index (χ1v) is 8.79. The van der Waals surface area contributed by atoms with Crippen molar-refractivity contribution in [3.8, 4) is 5.75 Å². The molecule has 1 saturated heterocycles. The molecule has 140 valence electrons. The number of piperazine rings is 1. The third kappa shape index (κ3) is 3.53. The number of nitrogens with one attached hydrogen (secondary N) is 1. The number of ether oxygens (including phenoxy) is 1. The van der Waals surface area contributed by atoms with Crippen molar-refractivity contribution in [2.45, 2.75) is 19.9 Å². The first kappa shape index (κ1) is 18.3. The van der Waals surface area contributed by atoms with E-state index in [4.69, 9.17) is 4.74 Å². The summed E-state index contributed by atoms with van der Waals surface area (Å²) in [5.41, 5.74) is 2.86. The fourth-order valence-electron chi connectivity index (χ4n) is 3.42. The predicted molar refractivity (Wildman–Crippen MR) is 102 cm³/mol. The molecule has 7 heteroatoms. The van der Waals surface area contributed by atoms with Crippen molar-refractivity contribution >= 4 is 11.7 Å². The molecule has 3 rings (SSSR count). The molecule has 2 amide bonds. The topological polar surface area (TPSA) is 62.6 Å². The molecule has 1 aromatic carbocycles. The van der Waals surface area contributed by atoms with E-state index < -0.39 is 0 Å². The summed E-state index contributed by atoms with van der Waals surface area (Å²) >= 11 is 0. The van der Waals surface area contributed by atoms with E-state index in [0.717, 1.165) is 34.9 Å². The van der Waals surface area contributed by atoms with Crippen LogP contribution in [0.15, 0.2) is 24.5 Å². The zero-order valence-electron chi connectivity index (χ0n) is 16.1. The molecular weight excluding hydrogens is 330 g/mol. The van der Waals surface area contributed by atoms with E-state index in [1.807, 2.05) is 48.7 Å². The largest absolute Gasteiger partial charge is 0.496 e. The molecule has 0 unspecified atom stereocenters. The van der Waals surface area contributed by atoms with Gasteiger partial charge in [-0.2, -0.15) is 0 Å². The summed E-state index contributed by atoms with van der Waals surface area (Å²) in [7, 11) is 5.70. The van der Waals surface area contributed by atoms with Crippen LogP contribution in [-0.4, -0.2) is 59.2 Å². The molecule has 0 saturated carbocycles. The number of rotatable bonds is 3. The van der Waals surface area contributed by atoms with Gasteiger partial charge in [-0.05, 0) is 32.0 Å². The van der Waals surface area contributed by atoms with Gasteiger partial charge in [0.25, 0.3) is 0 Å². The number of urea groups is 1. The fraction of sp³-hybridized carbons (Fsp3) is 0.474. The Kier molecular flexibility index (Phi) is 5.18. The van der Waals surface area contributed by atoms with Gasteiger partial charge in [-0.3, -0.25) is 4.90 Å². The van der Waals surface area contributed by atoms with E-state index in [0.29, 0.717) is 13.1 Å². The Labute approximate surface area is 154 Å². The number of aryl methyl sites for hydroxylation is 3. The molecule has 1 aliphatic rings. The highest BCUT2D eigenvalue weighted by atomic mass is 16.5. The number of carbonyl (C=O) groups excluding carboxylic acids is 1. The summed E-state index contributed by atoms with van der Waals surface area (Å²) in [5, 5.41) is 3.04. The molecule has 0 bridgehead atoms. The minimum absolute atomic E-state index is 0.0863. The van der Waals surface area contributed by atoms with Crippen LogP contribution in [0.25, 0.3) is 0 Å². The average Bonchev–Trinajstić information content (AvgIpc) is 3.03. The molecule has 1 N–H and O–H groups in total. The summed E-state index contributed by atoms with van der Waals surface area (Å²) in [5.74, 6) is 1.74. The summed E-state index contributed by atoms with van der Waals surface area (Å²) in [6.07, 6.45) is 3.73. The van der Waals surface area contributed by atoms with Gasteiger partial charge in [-0.25, -0.2) is 9.78 Å². The lowest BCUT2D eigenvalue weighted by atomic mass is 10.1. The quantitative estimate of drug-likeness (QED) is 0.917. The number of benzene rings is 1. The van der Waals surface area contributed by atoms with E-state index in [1.165, 1.54) is 0 Å². The Morgan fingerprint density at radius 3 is 2.65 bits per heavy atom. The zero-order valence-corrected chi connectivity index (χ0v) is 16.1. The van der Waals surface area contributed by atoms with Gasteiger partial charge in [0, 0.05) is 50.8 Å². The molecule has 1 fully saturated rings. The number of methoxy groups -OCH3 is 1. The fourth-order valence-corrected chi connectivity index (χ4v) is 3.42. The van der Waals surface area contributed by atoms with Crippen molar-refractivity contribution in [2.24, 2.45) is 7.05 Å². The molecule has 2 aromatic rings. The van der Waals surface area contributed by atoms with Gasteiger partial charge in [0.05, 0.1) is 13.2 Å². The van der Waals surface area contributed by atoms with E-state index in [-0.39, 0.29) is 12.1 Å². The number of aromatic nitrogens is 2. The third-order valence-electron chi connectivity index (χ3n) is 5.08. The van der Waals surface area contributed by atoms with Crippen LogP contribution in [0.2, 0.25) is 0 Å². The van der Waals surface area contributed by atoms with Gasteiger partial charge >= 0.3 is 6.03 Å². The summed E-state index contributed by atoms with van der Waals surface area (Å²) < 4.78 is 7.39. The first-order valence-electron chi connectivity index (χ1n) is 8.79. The van der Waals surface area contributed by atoms with Gasteiger partial charge in [0.15, 0.2) is 0 Å². The van der Waals surface area contributed by atoms with Crippen molar-refractivity contribution in [3.63, 3.8) is 0 Å². The SMILES string of the molecule is COc1cc(NC(=O)N2CCN(C)[C@@H](c3nccn3C)C2)c(C)cc1C. The lowest BCUT2D eigenvalue weighted by Gasteiger charge is -2.39. The van der Waals surface area contributed by atoms with Crippen LogP contribution in [0, 0.1) is 13.8 Å². The van der Waals surface area contributed by atoms with Gasteiger partial charge in [0.2, 0.25) is 0 Å². The lowest BCUT2D eigenvalue weighted by Crippen LogP contribution is -2.50. The van der Waals surface area contributed by atoms with Gasteiger partial charge in [-0.15, -0.1) is 0 Å². The first-order chi connectivity index (χ1) is 12.4. The lowest BCUT2D eigenvalue weighted by molar-refractivity contribution is 0.110. The maximum atomic E-state index is 12.8. The normalized spacial score (nSPS) is 18.0. The van der Waals surface area contributed by atoms with Crippen LogP contribution in [0.1, 0.15) is 23.0 Å². The molecule has 1 aliphatic heterocycles. The highest BCUT2D eigenvalue weighted by Gasteiger charge is 2.30. The Hall–Kier alpha value is -2.54. The molecule has 0 radical (unpaired) electrons. The van der Waals surface area contributed by atoms with Crippen LogP contribution >= 0.6 is 0 Å². The molecular formula is C19H27N5O2. The van der Waals surface area contributed by atoms with Crippen molar-refractivity contribution in [1.82, 2.24) is 19.4 Å². The molecule has 7 nitrogen and oxygen atoms in total. The number of carbonyl (C=O) groups is 1. The maximum Gasteiger partial charge on any atom is 0.321 e. The maximum absolute atomic E-state index is 12.8. The van der Waals surface area contributed by atoms with E-state index in [9.17, 15) is 4.79 Å². The average molecular weight is 357 g/mol. The monoisotopic (exact) mass is 357 g/mol. The van der Waals surface area contributed by atoms with E-state index >= 15 is 0 Å². The molecule has 1 aromatic heterocycles. The smallest absolute Gasteiger partial charge is 0.321 e. The highest BCUT2D eigenvalue weighted by Crippen LogP contribution is 2.27. The van der Waals surface area contributed by atoms with Crippen molar-refractivity contribution < 1.29 is 9.53 Å². The minimum Gasteiger partial charge on any atom is -0.496 e. The zero-order chi connectivity index (χ0) is 18.8. The second-order valence-corrected chi connectivity index (χ2v) is 6.91. The van der Waals surface area contributed by atoms with Crippen LogP contribution in [0.4, 0.5) is 10.5 Å². The predicted octanol–water partition coefficient (Wildman–Crippen LogP) is 2.57. The second-order valence-electron chi connectivity index (χ2n) is 6.91. The minimum atomic E-state index is -0.0914. The third-order valence-corrected chi connectivity index (χ3v) is 5.08. The number of hydrogen-bond donors (Lipinski definition) is 1. The van der Waals surface area contributed by atoms with E-state index in [1.54, 1.807) is 13.3 Å². The van der Waals surface area contributed by atoms with Gasteiger partial charge in [0.1, 0.15) is 11.6 Å². The molecule has 2 heterocycles. The van der Waals surface area contributed by atoms with Gasteiger partial charge < -0.3 is 19.5 Å². The van der Waals surface area contributed by atoms with Crippen LogP contribution in [0.3, 0.4) is 0 Å². The van der Waals surface area contributed by atoms with Crippen molar-refractivity contribution in [3.05, 3.63) is 41.5 Å².